The molecule has 1 aromatic carbocycles. The van der Waals surface area contributed by atoms with Crippen molar-refractivity contribution in [3.8, 4) is 0 Å². The van der Waals surface area contributed by atoms with E-state index in [1.165, 1.54) is 0 Å². The number of epoxide rings is 1. The number of carbonyl (C=O) groups excluding carboxylic acids is 1. The van der Waals surface area contributed by atoms with Gasteiger partial charge in [0.15, 0.2) is 6.10 Å². The molecule has 16 heavy (non-hydrogen) atoms. The minimum Gasteiger partial charge on any atom is -0.363 e. The zero-order valence-corrected chi connectivity index (χ0v) is 10.2. The molecule has 1 saturated heterocycles. The summed E-state index contributed by atoms with van der Waals surface area (Å²) in [5.74, 6) is -0.0986. The van der Waals surface area contributed by atoms with Crippen LogP contribution >= 0.6 is 23.2 Å². The van der Waals surface area contributed by atoms with Gasteiger partial charge in [-0.2, -0.15) is 0 Å². The number of carbonyl (C=O) groups is 1. The van der Waals surface area contributed by atoms with E-state index in [0.717, 1.165) is 5.56 Å². The predicted molar refractivity (Wildman–Crippen MR) is 62.8 cm³/mol. The van der Waals surface area contributed by atoms with Crippen molar-refractivity contribution in [1.29, 1.82) is 0 Å². The molecule has 1 N–H and O–H groups in total. The number of hydrogen-bond acceptors (Lipinski definition) is 2. The van der Waals surface area contributed by atoms with Gasteiger partial charge in [0.1, 0.15) is 0 Å². The van der Waals surface area contributed by atoms with Crippen LogP contribution in [0.25, 0.3) is 0 Å². The first-order chi connectivity index (χ1) is 7.58. The van der Waals surface area contributed by atoms with Crippen molar-refractivity contribution in [1.82, 2.24) is 5.32 Å². The van der Waals surface area contributed by atoms with Gasteiger partial charge in [-0.05, 0) is 24.6 Å². The van der Waals surface area contributed by atoms with Gasteiger partial charge in [0.2, 0.25) is 0 Å². The quantitative estimate of drug-likeness (QED) is 0.848. The lowest BCUT2D eigenvalue weighted by Gasteiger charge is -2.15. The fraction of sp³-hybridized carbons (Fsp3) is 0.364. The second-order valence-corrected chi connectivity index (χ2v) is 4.56. The average molecular weight is 260 g/mol. The Labute approximate surface area is 104 Å². The van der Waals surface area contributed by atoms with Crippen LogP contribution in [0.1, 0.15) is 18.5 Å². The summed E-state index contributed by atoms with van der Waals surface area (Å²) in [4.78, 5) is 11.5. The van der Waals surface area contributed by atoms with Gasteiger partial charge in [0.25, 0.3) is 5.91 Å². The summed E-state index contributed by atoms with van der Waals surface area (Å²) in [5.41, 5.74) is 0.847. The summed E-state index contributed by atoms with van der Waals surface area (Å²) in [7, 11) is 0. The fourth-order valence-corrected chi connectivity index (χ4v) is 2.01. The van der Waals surface area contributed by atoms with E-state index in [-0.39, 0.29) is 18.1 Å². The van der Waals surface area contributed by atoms with E-state index in [4.69, 9.17) is 27.9 Å². The monoisotopic (exact) mass is 259 g/mol. The number of hydrogen-bond donors (Lipinski definition) is 1. The molecule has 2 rings (SSSR count). The summed E-state index contributed by atoms with van der Waals surface area (Å²) in [6.45, 7) is 2.38. The molecule has 5 heteroatoms. The Morgan fingerprint density at radius 3 is 2.81 bits per heavy atom. The molecule has 0 aliphatic carbocycles. The zero-order chi connectivity index (χ0) is 11.7. The molecule has 1 aliphatic rings. The first-order valence-corrected chi connectivity index (χ1v) is 5.70. The van der Waals surface area contributed by atoms with Crippen LogP contribution in [0.5, 0.6) is 0 Å². The lowest BCUT2D eigenvalue weighted by molar-refractivity contribution is -0.122. The van der Waals surface area contributed by atoms with E-state index in [1.54, 1.807) is 12.1 Å². The van der Waals surface area contributed by atoms with Crippen LogP contribution in [0.4, 0.5) is 0 Å². The summed E-state index contributed by atoms with van der Waals surface area (Å²) in [5, 5.41) is 3.96. The second kappa shape index (κ2) is 4.62. The van der Waals surface area contributed by atoms with Crippen molar-refractivity contribution >= 4 is 29.1 Å². The third-order valence-corrected chi connectivity index (χ3v) is 2.98. The average Bonchev–Trinajstić information content (AvgIpc) is 2.99. The number of nitrogens with one attached hydrogen (secondary N) is 1. The fourth-order valence-electron chi connectivity index (χ4n) is 1.44. The maximum Gasteiger partial charge on any atom is 0.252 e. The van der Waals surface area contributed by atoms with Crippen molar-refractivity contribution in [3.63, 3.8) is 0 Å². The highest BCUT2D eigenvalue weighted by atomic mass is 35.5. The minimum atomic E-state index is -0.284. The lowest BCUT2D eigenvalue weighted by Crippen LogP contribution is -2.30. The van der Waals surface area contributed by atoms with Crippen molar-refractivity contribution in [2.24, 2.45) is 0 Å². The topological polar surface area (TPSA) is 41.6 Å². The summed E-state index contributed by atoms with van der Waals surface area (Å²) < 4.78 is 4.89. The Bertz CT molecular complexity index is 418. The SMILES string of the molecule is CC(NC(=O)C1CO1)c1ccc(Cl)cc1Cl. The molecule has 0 spiro atoms. The smallest absolute Gasteiger partial charge is 0.252 e. The standard InChI is InChI=1S/C11H11Cl2NO2/c1-6(14-11(15)10-5-16-10)8-3-2-7(12)4-9(8)13/h2-4,6,10H,5H2,1H3,(H,14,15). The maximum atomic E-state index is 11.5. The van der Waals surface area contributed by atoms with Crippen molar-refractivity contribution in [2.45, 2.75) is 19.1 Å². The van der Waals surface area contributed by atoms with Gasteiger partial charge in [0, 0.05) is 10.0 Å². The van der Waals surface area contributed by atoms with Crippen LogP contribution in [0.3, 0.4) is 0 Å². The molecule has 2 unspecified atom stereocenters. The summed E-state index contributed by atoms with van der Waals surface area (Å²) in [6.07, 6.45) is -0.284. The third kappa shape index (κ3) is 2.67. The van der Waals surface area contributed by atoms with Crippen molar-refractivity contribution in [3.05, 3.63) is 33.8 Å². The van der Waals surface area contributed by atoms with E-state index in [2.05, 4.69) is 5.32 Å². The van der Waals surface area contributed by atoms with E-state index in [9.17, 15) is 4.79 Å². The van der Waals surface area contributed by atoms with E-state index in [0.29, 0.717) is 16.7 Å². The lowest BCUT2D eigenvalue weighted by atomic mass is 10.1. The van der Waals surface area contributed by atoms with Gasteiger partial charge >= 0.3 is 0 Å². The second-order valence-electron chi connectivity index (χ2n) is 3.72. The van der Waals surface area contributed by atoms with Crippen LogP contribution in [-0.4, -0.2) is 18.6 Å². The maximum absolute atomic E-state index is 11.5. The Morgan fingerprint density at radius 1 is 1.56 bits per heavy atom. The summed E-state index contributed by atoms with van der Waals surface area (Å²) in [6, 6.07) is 5.07. The molecule has 0 bridgehead atoms. The van der Waals surface area contributed by atoms with Crippen LogP contribution in [-0.2, 0) is 9.53 Å². The van der Waals surface area contributed by atoms with E-state index < -0.39 is 0 Å². The van der Waals surface area contributed by atoms with Crippen molar-refractivity contribution in [2.75, 3.05) is 6.61 Å². The van der Waals surface area contributed by atoms with Crippen LogP contribution in [0.15, 0.2) is 18.2 Å². The first-order valence-electron chi connectivity index (χ1n) is 4.95. The highest BCUT2D eigenvalue weighted by molar-refractivity contribution is 6.35. The Hall–Kier alpha value is -0.770. The normalized spacial score (nSPS) is 20.3. The van der Waals surface area contributed by atoms with Crippen LogP contribution < -0.4 is 5.32 Å². The predicted octanol–water partition coefficient (Wildman–Crippen LogP) is 2.57. The van der Waals surface area contributed by atoms with Crippen LogP contribution in [0.2, 0.25) is 10.0 Å². The van der Waals surface area contributed by atoms with E-state index >= 15 is 0 Å². The Balaban J connectivity index is 2.07. The number of ether oxygens (including phenoxy) is 1. The number of amides is 1. The minimum absolute atomic E-state index is 0.0986. The molecule has 2 atom stereocenters. The highest BCUT2D eigenvalue weighted by Crippen LogP contribution is 2.26. The van der Waals surface area contributed by atoms with Gasteiger partial charge in [-0.3, -0.25) is 4.79 Å². The molecule has 1 amide bonds. The molecular weight excluding hydrogens is 249 g/mol. The van der Waals surface area contributed by atoms with Gasteiger partial charge in [0.05, 0.1) is 12.6 Å². The molecule has 3 nitrogen and oxygen atoms in total. The molecular formula is C11H11Cl2NO2. The molecule has 1 aliphatic heterocycles. The van der Waals surface area contributed by atoms with Crippen LogP contribution in [0, 0.1) is 0 Å². The number of halogens is 2. The first kappa shape index (κ1) is 11.7. The molecule has 1 heterocycles. The number of benzene rings is 1. The molecule has 86 valence electrons. The molecule has 0 aromatic heterocycles. The molecule has 1 aromatic rings. The number of rotatable bonds is 3. The van der Waals surface area contributed by atoms with E-state index in [1.807, 2.05) is 13.0 Å². The van der Waals surface area contributed by atoms with Gasteiger partial charge in [-0.25, -0.2) is 0 Å². The highest BCUT2D eigenvalue weighted by Gasteiger charge is 2.32. The molecule has 0 radical (unpaired) electrons. The largest absolute Gasteiger partial charge is 0.363 e. The Kier molecular flexibility index (Phi) is 3.38. The van der Waals surface area contributed by atoms with Gasteiger partial charge < -0.3 is 10.1 Å². The van der Waals surface area contributed by atoms with Gasteiger partial charge in [-0.15, -0.1) is 0 Å². The van der Waals surface area contributed by atoms with Crippen molar-refractivity contribution < 1.29 is 9.53 Å². The molecule has 1 fully saturated rings. The Morgan fingerprint density at radius 2 is 2.25 bits per heavy atom. The summed E-state index contributed by atoms with van der Waals surface area (Å²) >= 11 is 11.8. The zero-order valence-electron chi connectivity index (χ0n) is 8.67. The molecule has 0 saturated carbocycles. The van der Waals surface area contributed by atoms with Gasteiger partial charge in [-0.1, -0.05) is 29.3 Å². The third-order valence-electron chi connectivity index (χ3n) is 2.41.